The second-order valence-electron chi connectivity index (χ2n) is 5.52. The molecule has 1 aliphatic heterocycles. The van der Waals surface area contributed by atoms with Crippen LogP contribution in [0.1, 0.15) is 5.56 Å². The van der Waals surface area contributed by atoms with Crippen LogP contribution in [0.15, 0.2) is 48.5 Å². The van der Waals surface area contributed by atoms with Crippen LogP contribution in [0, 0.1) is 5.92 Å². The van der Waals surface area contributed by atoms with Gasteiger partial charge in [-0.25, -0.2) is 9.69 Å². The number of methoxy groups -OCH3 is 1. The molecule has 6 nitrogen and oxygen atoms in total. The Morgan fingerprint density at radius 3 is 2.40 bits per heavy atom. The molecule has 1 fully saturated rings. The van der Waals surface area contributed by atoms with Crippen LogP contribution in [0.3, 0.4) is 0 Å². The van der Waals surface area contributed by atoms with Gasteiger partial charge in [0.15, 0.2) is 0 Å². The lowest BCUT2D eigenvalue weighted by Crippen LogP contribution is -2.58. The van der Waals surface area contributed by atoms with Crippen molar-refractivity contribution in [1.29, 1.82) is 0 Å². The molecule has 3 rings (SSSR count). The smallest absolute Gasteiger partial charge is 0.335 e. The van der Waals surface area contributed by atoms with Gasteiger partial charge in [-0.15, -0.1) is 0 Å². The summed E-state index contributed by atoms with van der Waals surface area (Å²) in [4.78, 5) is 38.0. The maximum absolute atomic E-state index is 12.8. The van der Waals surface area contributed by atoms with Crippen molar-refractivity contribution in [3.05, 3.63) is 59.1 Å². The highest BCUT2D eigenvalue weighted by Crippen LogP contribution is 2.29. The van der Waals surface area contributed by atoms with E-state index < -0.39 is 23.8 Å². The molecule has 0 bridgehead atoms. The van der Waals surface area contributed by atoms with E-state index in [1.807, 2.05) is 0 Å². The van der Waals surface area contributed by atoms with E-state index in [1.54, 1.807) is 55.6 Å². The summed E-state index contributed by atoms with van der Waals surface area (Å²) in [5.41, 5.74) is 1.03. The lowest BCUT2D eigenvalue weighted by atomic mass is 9.95. The van der Waals surface area contributed by atoms with Crippen LogP contribution in [0.2, 0.25) is 5.02 Å². The number of ether oxygens (including phenoxy) is 1. The number of hydrogen-bond acceptors (Lipinski definition) is 4. The summed E-state index contributed by atoms with van der Waals surface area (Å²) in [6.07, 6.45) is 0.170. The molecular formula is C18H15ClN2O4. The fraction of sp³-hybridized carbons (Fsp3) is 0.167. The molecule has 1 atom stereocenters. The Kier molecular flexibility index (Phi) is 4.72. The topological polar surface area (TPSA) is 75.7 Å². The first-order chi connectivity index (χ1) is 12.0. The number of carbonyl (C=O) groups excluding carboxylic acids is 3. The number of nitrogens with one attached hydrogen (secondary N) is 1. The van der Waals surface area contributed by atoms with Crippen LogP contribution in [0.4, 0.5) is 10.5 Å². The first-order valence-electron chi connectivity index (χ1n) is 7.57. The van der Waals surface area contributed by atoms with Gasteiger partial charge in [0.25, 0.3) is 0 Å². The Bertz CT molecular complexity index is 835. The Hall–Kier alpha value is -2.86. The number of hydrogen-bond donors (Lipinski definition) is 1. The van der Waals surface area contributed by atoms with Gasteiger partial charge in [-0.2, -0.15) is 0 Å². The Morgan fingerprint density at radius 1 is 1.08 bits per heavy atom. The normalized spacial score (nSPS) is 17.4. The van der Waals surface area contributed by atoms with Gasteiger partial charge >= 0.3 is 6.03 Å². The van der Waals surface area contributed by atoms with E-state index >= 15 is 0 Å². The third-order valence-electron chi connectivity index (χ3n) is 3.96. The summed E-state index contributed by atoms with van der Waals surface area (Å²) in [5, 5.41) is 2.48. The largest absolute Gasteiger partial charge is 0.497 e. The van der Waals surface area contributed by atoms with Gasteiger partial charge in [0, 0.05) is 0 Å². The van der Waals surface area contributed by atoms with E-state index in [0.29, 0.717) is 5.75 Å². The molecule has 1 N–H and O–H groups in total. The molecule has 1 unspecified atom stereocenters. The van der Waals surface area contributed by atoms with Crippen molar-refractivity contribution in [2.45, 2.75) is 6.42 Å². The van der Waals surface area contributed by atoms with Crippen molar-refractivity contribution in [2.24, 2.45) is 5.92 Å². The number of para-hydroxylation sites is 1. The number of barbiturate groups is 1. The van der Waals surface area contributed by atoms with Gasteiger partial charge in [0.1, 0.15) is 11.7 Å². The number of halogens is 1. The zero-order valence-electron chi connectivity index (χ0n) is 13.4. The van der Waals surface area contributed by atoms with Gasteiger partial charge in [0.2, 0.25) is 11.8 Å². The number of rotatable bonds is 4. The summed E-state index contributed by atoms with van der Waals surface area (Å²) in [7, 11) is 1.56. The number of urea groups is 1. The van der Waals surface area contributed by atoms with Crippen LogP contribution >= 0.6 is 11.6 Å². The van der Waals surface area contributed by atoms with Gasteiger partial charge in [-0.1, -0.05) is 35.9 Å². The molecule has 0 aromatic heterocycles. The quantitative estimate of drug-likeness (QED) is 0.853. The molecule has 1 heterocycles. The minimum absolute atomic E-state index is 0.170. The number of benzene rings is 2. The molecule has 4 amide bonds. The van der Waals surface area contributed by atoms with E-state index in [4.69, 9.17) is 16.3 Å². The third-order valence-corrected chi connectivity index (χ3v) is 4.28. The standard InChI is InChI=1S/C18H15ClN2O4/c1-25-12-8-6-11(7-9-12)10-13-16(22)20-18(24)21(17(13)23)15-5-3-2-4-14(15)19/h2-9,13H,10H2,1H3,(H,20,22,24). The molecule has 0 aliphatic carbocycles. The fourth-order valence-electron chi connectivity index (χ4n) is 2.65. The summed E-state index contributed by atoms with van der Waals surface area (Å²) in [6, 6.07) is 12.7. The number of nitrogens with zero attached hydrogens (tertiary/aromatic N) is 1. The van der Waals surface area contributed by atoms with E-state index in [1.165, 1.54) is 0 Å². The molecule has 25 heavy (non-hydrogen) atoms. The Labute approximate surface area is 149 Å². The zero-order chi connectivity index (χ0) is 18.0. The molecule has 2 aromatic carbocycles. The van der Waals surface area contributed by atoms with E-state index in [9.17, 15) is 14.4 Å². The molecule has 1 saturated heterocycles. The Morgan fingerprint density at radius 2 is 1.76 bits per heavy atom. The first-order valence-corrected chi connectivity index (χ1v) is 7.95. The summed E-state index contributed by atoms with van der Waals surface area (Å²) < 4.78 is 5.09. The first kappa shape index (κ1) is 17.0. The molecule has 0 radical (unpaired) electrons. The van der Waals surface area contributed by atoms with Crippen molar-refractivity contribution in [3.63, 3.8) is 0 Å². The predicted octanol–water partition coefficient (Wildman–Crippen LogP) is 2.79. The molecule has 0 spiro atoms. The Balaban J connectivity index is 1.88. The highest BCUT2D eigenvalue weighted by molar-refractivity contribution is 6.36. The average molecular weight is 359 g/mol. The van der Waals surface area contributed by atoms with Gasteiger partial charge in [-0.05, 0) is 36.2 Å². The molecule has 1 aliphatic rings. The molecule has 2 aromatic rings. The van der Waals surface area contributed by atoms with E-state index in [2.05, 4.69) is 5.32 Å². The van der Waals surface area contributed by atoms with Crippen LogP contribution in [-0.2, 0) is 16.0 Å². The summed E-state index contributed by atoms with van der Waals surface area (Å²) in [6.45, 7) is 0. The molecule has 128 valence electrons. The summed E-state index contributed by atoms with van der Waals surface area (Å²) in [5.74, 6) is -1.55. The van der Waals surface area contributed by atoms with Crippen molar-refractivity contribution in [2.75, 3.05) is 12.0 Å². The number of amides is 4. The molecule has 7 heteroatoms. The number of anilines is 1. The van der Waals surface area contributed by atoms with Gasteiger partial charge < -0.3 is 4.74 Å². The third kappa shape index (κ3) is 3.34. The predicted molar refractivity (Wildman–Crippen MR) is 92.7 cm³/mol. The fourth-order valence-corrected chi connectivity index (χ4v) is 2.88. The summed E-state index contributed by atoms with van der Waals surface area (Å²) >= 11 is 6.09. The average Bonchev–Trinajstić information content (AvgIpc) is 2.60. The van der Waals surface area contributed by atoms with Crippen molar-refractivity contribution >= 4 is 35.1 Å². The number of imide groups is 2. The van der Waals surface area contributed by atoms with Crippen LogP contribution < -0.4 is 15.0 Å². The minimum atomic E-state index is -1.01. The van der Waals surface area contributed by atoms with Crippen LogP contribution in [0.5, 0.6) is 5.75 Å². The SMILES string of the molecule is COc1ccc(CC2C(=O)NC(=O)N(c3ccccc3Cl)C2=O)cc1. The maximum atomic E-state index is 12.8. The van der Waals surface area contributed by atoms with Crippen LogP contribution in [0.25, 0.3) is 0 Å². The van der Waals surface area contributed by atoms with Gasteiger partial charge in [0.05, 0.1) is 17.8 Å². The second kappa shape index (κ2) is 6.94. The minimum Gasteiger partial charge on any atom is -0.497 e. The van der Waals surface area contributed by atoms with Crippen molar-refractivity contribution in [3.8, 4) is 5.75 Å². The molecular weight excluding hydrogens is 344 g/mol. The highest BCUT2D eigenvalue weighted by Gasteiger charge is 2.41. The number of carbonyl (C=O) groups is 3. The lowest BCUT2D eigenvalue weighted by Gasteiger charge is -2.30. The lowest BCUT2D eigenvalue weighted by molar-refractivity contribution is -0.134. The van der Waals surface area contributed by atoms with E-state index in [-0.39, 0.29) is 17.1 Å². The zero-order valence-corrected chi connectivity index (χ0v) is 14.1. The van der Waals surface area contributed by atoms with Crippen molar-refractivity contribution < 1.29 is 19.1 Å². The van der Waals surface area contributed by atoms with Crippen LogP contribution in [-0.4, -0.2) is 25.0 Å². The van der Waals surface area contributed by atoms with Crippen molar-refractivity contribution in [1.82, 2.24) is 5.32 Å². The van der Waals surface area contributed by atoms with Gasteiger partial charge in [-0.3, -0.25) is 14.9 Å². The van der Waals surface area contributed by atoms with E-state index in [0.717, 1.165) is 10.5 Å². The second-order valence-corrected chi connectivity index (χ2v) is 5.93. The highest BCUT2D eigenvalue weighted by atomic mass is 35.5. The monoisotopic (exact) mass is 358 g/mol. The maximum Gasteiger partial charge on any atom is 0.335 e. The molecule has 0 saturated carbocycles.